The normalized spacial score (nSPS) is 19.6. The lowest BCUT2D eigenvalue weighted by molar-refractivity contribution is 0.0627. The summed E-state index contributed by atoms with van der Waals surface area (Å²) in [5.41, 5.74) is 0.811. The smallest absolute Gasteiger partial charge is 0.192 e. The van der Waals surface area contributed by atoms with Gasteiger partial charge in [0.25, 0.3) is 0 Å². The molecule has 1 saturated heterocycles. The Morgan fingerprint density at radius 2 is 1.57 bits per heavy atom. The van der Waals surface area contributed by atoms with Gasteiger partial charge in [-0.2, -0.15) is 5.26 Å². The quantitative estimate of drug-likeness (QED) is 0.235. The summed E-state index contributed by atoms with van der Waals surface area (Å²) in [6.45, 7) is 20.8. The van der Waals surface area contributed by atoms with Gasteiger partial charge in [-0.1, -0.05) is 34.6 Å². The van der Waals surface area contributed by atoms with Crippen molar-refractivity contribution in [2.75, 3.05) is 18.0 Å². The van der Waals surface area contributed by atoms with E-state index in [-0.39, 0.29) is 22.4 Å². The van der Waals surface area contributed by atoms with E-state index in [1.807, 2.05) is 18.3 Å². The van der Waals surface area contributed by atoms with Crippen molar-refractivity contribution in [3.05, 3.63) is 77.0 Å². The van der Waals surface area contributed by atoms with Crippen LogP contribution in [0.1, 0.15) is 65.3 Å². The topological polar surface area (TPSA) is 62.0 Å². The van der Waals surface area contributed by atoms with Gasteiger partial charge in [-0.3, -0.25) is 4.98 Å². The van der Waals surface area contributed by atoms with Gasteiger partial charge in [-0.05, 0) is 98.1 Å². The van der Waals surface area contributed by atoms with Crippen molar-refractivity contribution in [1.82, 2.24) is 9.97 Å². The number of pyridine rings is 2. The van der Waals surface area contributed by atoms with Crippen LogP contribution >= 0.6 is 0 Å². The highest BCUT2D eigenvalue weighted by Gasteiger charge is 2.43. The molecule has 1 aliphatic heterocycles. The van der Waals surface area contributed by atoms with E-state index < -0.39 is 36.7 Å². The van der Waals surface area contributed by atoms with E-state index in [2.05, 4.69) is 62.6 Å². The summed E-state index contributed by atoms with van der Waals surface area (Å²) >= 11 is 0. The summed E-state index contributed by atoms with van der Waals surface area (Å²) in [5, 5.41) is 9.52. The molecule has 44 heavy (non-hydrogen) atoms. The SMILES string of the molecule is C[C@@H]1CN(c2ccncc2CCc2ccc(F)c(-c3c(F)cc(C(C)(C)C#N)cc3F)n2)C[C@H](C)C1O[Si](C)(C)C(C)(C)C. The zero-order valence-electron chi connectivity index (χ0n) is 27.4. The molecule has 4 rings (SSSR count). The minimum atomic E-state index is -1.91. The Balaban J connectivity index is 1.54. The second-order valence-corrected chi connectivity index (χ2v) is 19.1. The van der Waals surface area contributed by atoms with E-state index in [9.17, 15) is 9.65 Å². The fourth-order valence-electron chi connectivity index (χ4n) is 5.69. The van der Waals surface area contributed by atoms with E-state index in [1.54, 1.807) is 26.1 Å². The molecule has 1 fully saturated rings. The van der Waals surface area contributed by atoms with Crippen molar-refractivity contribution in [2.24, 2.45) is 11.8 Å². The molecule has 0 amide bonds. The first-order chi connectivity index (χ1) is 20.4. The third-order valence-corrected chi connectivity index (χ3v) is 13.9. The Hall–Kier alpha value is -3.22. The molecule has 3 aromatic rings. The number of hydrogen-bond acceptors (Lipinski definition) is 5. The van der Waals surface area contributed by atoms with Crippen molar-refractivity contribution in [1.29, 1.82) is 5.26 Å². The number of benzene rings is 1. The number of halogens is 3. The van der Waals surface area contributed by atoms with Gasteiger partial charge < -0.3 is 9.33 Å². The maximum atomic E-state index is 15.1. The van der Waals surface area contributed by atoms with Crippen LogP contribution in [0.15, 0.2) is 42.7 Å². The van der Waals surface area contributed by atoms with E-state index in [0.29, 0.717) is 30.4 Å². The molecule has 5 nitrogen and oxygen atoms in total. The summed E-state index contributed by atoms with van der Waals surface area (Å²) < 4.78 is 52.1. The minimum absolute atomic E-state index is 0.144. The molecule has 0 saturated carbocycles. The van der Waals surface area contributed by atoms with Crippen molar-refractivity contribution in [3.63, 3.8) is 0 Å². The maximum Gasteiger partial charge on any atom is 0.192 e. The van der Waals surface area contributed by atoms with Crippen LogP contribution in [-0.4, -0.2) is 37.5 Å². The lowest BCUT2D eigenvalue weighted by Gasteiger charge is -2.48. The van der Waals surface area contributed by atoms with Crippen molar-refractivity contribution in [3.8, 4) is 17.3 Å². The van der Waals surface area contributed by atoms with Gasteiger partial charge in [0.05, 0.1) is 23.2 Å². The van der Waals surface area contributed by atoms with Gasteiger partial charge in [-0.25, -0.2) is 18.2 Å². The van der Waals surface area contributed by atoms with Crippen LogP contribution in [-0.2, 0) is 22.7 Å². The summed E-state index contributed by atoms with van der Waals surface area (Å²) in [5.74, 6) is -2.04. The Kier molecular flexibility index (Phi) is 9.67. The Labute approximate surface area is 261 Å². The van der Waals surface area contributed by atoms with Crippen molar-refractivity contribution >= 4 is 14.0 Å². The van der Waals surface area contributed by atoms with Crippen LogP contribution in [0.5, 0.6) is 0 Å². The number of rotatable bonds is 8. The first-order valence-corrected chi connectivity index (χ1v) is 18.3. The molecule has 0 N–H and O–H groups in total. The van der Waals surface area contributed by atoms with Gasteiger partial charge in [0, 0.05) is 36.9 Å². The molecular formula is C35H45F3N4OSi. The number of nitriles is 1. The highest BCUT2D eigenvalue weighted by Crippen LogP contribution is 2.41. The molecule has 2 aromatic heterocycles. The van der Waals surface area contributed by atoms with E-state index in [1.165, 1.54) is 6.07 Å². The molecule has 9 heteroatoms. The third-order valence-electron chi connectivity index (χ3n) is 9.43. The average Bonchev–Trinajstić information content (AvgIpc) is 2.94. The number of piperidine rings is 1. The van der Waals surface area contributed by atoms with Gasteiger partial charge in [0.1, 0.15) is 23.1 Å². The molecule has 0 spiro atoms. The fourth-order valence-corrected chi connectivity index (χ4v) is 7.19. The molecule has 3 atom stereocenters. The highest BCUT2D eigenvalue weighted by molar-refractivity contribution is 6.74. The van der Waals surface area contributed by atoms with E-state index in [0.717, 1.165) is 36.5 Å². The summed E-state index contributed by atoms with van der Waals surface area (Å²) in [6.07, 6.45) is 4.85. The van der Waals surface area contributed by atoms with Crippen LogP contribution in [0.4, 0.5) is 18.9 Å². The number of anilines is 1. The Bertz CT molecular complexity index is 1510. The van der Waals surface area contributed by atoms with Crippen molar-refractivity contribution in [2.45, 2.75) is 91.0 Å². The second kappa shape index (κ2) is 12.6. The van der Waals surface area contributed by atoms with Crippen LogP contribution < -0.4 is 4.90 Å². The number of aromatic nitrogens is 2. The monoisotopic (exact) mass is 622 g/mol. The Morgan fingerprint density at radius 1 is 0.955 bits per heavy atom. The summed E-state index contributed by atoms with van der Waals surface area (Å²) in [7, 11) is -1.91. The molecule has 0 radical (unpaired) electrons. The minimum Gasteiger partial charge on any atom is -0.413 e. The third kappa shape index (κ3) is 7.02. The molecule has 236 valence electrons. The maximum absolute atomic E-state index is 15.1. The van der Waals surface area contributed by atoms with Gasteiger partial charge in [0.15, 0.2) is 8.32 Å². The van der Waals surface area contributed by atoms with E-state index >= 15 is 8.78 Å². The zero-order chi connectivity index (χ0) is 32.6. The van der Waals surface area contributed by atoms with Gasteiger partial charge in [-0.15, -0.1) is 0 Å². The lowest BCUT2D eigenvalue weighted by Crippen LogP contribution is -2.54. The number of hydrogen-bond donors (Lipinski definition) is 0. The van der Waals surface area contributed by atoms with Gasteiger partial charge >= 0.3 is 0 Å². The fraction of sp³-hybridized carbons (Fsp3) is 0.514. The van der Waals surface area contributed by atoms with Crippen LogP contribution in [0.3, 0.4) is 0 Å². The standard InChI is InChI=1S/C35H45F3N4OSi/c1-22-19-42(20-23(2)33(22)43-44(8,9)34(3,4)5)30-14-15-40-18-24(30)10-11-26-12-13-27(36)32(41-26)31-28(37)16-25(17-29(31)38)35(6,7)21-39/h12-18,22-23,33H,10-11,19-20H2,1-9H3/t22-,23+,33?. The predicted molar refractivity (Wildman–Crippen MR) is 172 cm³/mol. The van der Waals surface area contributed by atoms with E-state index in [4.69, 9.17) is 4.43 Å². The molecule has 1 unspecified atom stereocenters. The second-order valence-electron chi connectivity index (χ2n) is 14.4. The Morgan fingerprint density at radius 3 is 2.14 bits per heavy atom. The average molecular weight is 623 g/mol. The summed E-state index contributed by atoms with van der Waals surface area (Å²) in [4.78, 5) is 11.1. The van der Waals surface area contributed by atoms with Crippen LogP contribution in [0.25, 0.3) is 11.3 Å². The summed E-state index contributed by atoms with van der Waals surface area (Å²) in [6, 6.07) is 8.98. The highest BCUT2D eigenvalue weighted by atomic mass is 28.4. The largest absolute Gasteiger partial charge is 0.413 e. The van der Waals surface area contributed by atoms with Crippen molar-refractivity contribution < 1.29 is 17.6 Å². The first-order valence-electron chi connectivity index (χ1n) is 15.4. The van der Waals surface area contributed by atoms with Crippen LogP contribution in [0, 0.1) is 40.6 Å². The number of nitrogens with zero attached hydrogens (tertiary/aromatic N) is 4. The molecule has 0 bridgehead atoms. The molecule has 3 heterocycles. The van der Waals surface area contributed by atoms with Crippen LogP contribution in [0.2, 0.25) is 18.1 Å². The zero-order valence-corrected chi connectivity index (χ0v) is 28.4. The molecule has 0 aliphatic carbocycles. The first kappa shape index (κ1) is 33.7. The lowest BCUT2D eigenvalue weighted by atomic mass is 9.85. The molecule has 1 aromatic carbocycles. The predicted octanol–water partition coefficient (Wildman–Crippen LogP) is 8.63. The molecule has 1 aliphatic rings. The van der Waals surface area contributed by atoms with Gasteiger partial charge in [0.2, 0.25) is 0 Å². The molecular weight excluding hydrogens is 577 g/mol. The number of aryl methyl sites for hydroxylation is 2.